The third-order valence-corrected chi connectivity index (χ3v) is 8.35. The summed E-state index contributed by atoms with van der Waals surface area (Å²) in [5.41, 5.74) is 5.69. The normalized spacial score (nSPS) is 12.7. The van der Waals surface area contributed by atoms with Crippen molar-refractivity contribution >= 4 is 39.4 Å². The minimum absolute atomic E-state index is 0.132. The monoisotopic (exact) mass is 534 g/mol. The number of hydrogen-bond acceptors (Lipinski definition) is 8. The van der Waals surface area contributed by atoms with Crippen molar-refractivity contribution in [2.75, 3.05) is 25.7 Å². The fourth-order valence-electron chi connectivity index (χ4n) is 3.69. The van der Waals surface area contributed by atoms with Crippen LogP contribution in [0.25, 0.3) is 0 Å². The zero-order valence-corrected chi connectivity index (χ0v) is 24.0. The van der Waals surface area contributed by atoms with Crippen LogP contribution in [0.3, 0.4) is 0 Å². The third kappa shape index (κ3) is 20.9. The summed E-state index contributed by atoms with van der Waals surface area (Å²) in [7, 11) is 5.33. The van der Waals surface area contributed by atoms with Gasteiger partial charge in [-0.1, -0.05) is 118 Å². The average molecular weight is 535 g/mol. The molecule has 9 heteroatoms. The van der Waals surface area contributed by atoms with Crippen LogP contribution in [0.2, 0.25) is 0 Å². The zero-order valence-electron chi connectivity index (χ0n) is 22.3. The number of nitrogens with one attached hydrogen (secondary N) is 1. The van der Waals surface area contributed by atoms with Crippen LogP contribution in [0.1, 0.15) is 110 Å². The van der Waals surface area contributed by atoms with Crippen LogP contribution in [-0.2, 0) is 23.9 Å². The van der Waals surface area contributed by atoms with Gasteiger partial charge in [-0.05, 0) is 6.42 Å². The SMILES string of the molecule is CCCCCCCCCCCCCCCCCC(=O)N[C@@H](CSSCC(N)C(=O)OC)C(=O)OC. The number of hydrogen-bond donors (Lipinski definition) is 2. The Morgan fingerprint density at radius 3 is 1.57 bits per heavy atom. The summed E-state index contributed by atoms with van der Waals surface area (Å²) in [6.45, 7) is 2.26. The fraction of sp³-hybridized carbons (Fsp3) is 0.885. The van der Waals surface area contributed by atoms with Crippen LogP contribution in [-0.4, -0.2) is 55.7 Å². The Labute approximate surface area is 221 Å². The van der Waals surface area contributed by atoms with E-state index < -0.39 is 24.0 Å². The number of rotatable bonds is 24. The Morgan fingerprint density at radius 2 is 1.11 bits per heavy atom. The van der Waals surface area contributed by atoms with Gasteiger partial charge in [0.15, 0.2) is 0 Å². The molecule has 0 heterocycles. The van der Waals surface area contributed by atoms with Crippen LogP contribution in [0.15, 0.2) is 0 Å². The van der Waals surface area contributed by atoms with Crippen LogP contribution >= 0.6 is 21.6 Å². The van der Waals surface area contributed by atoms with Crippen LogP contribution < -0.4 is 11.1 Å². The highest BCUT2D eigenvalue weighted by molar-refractivity contribution is 8.76. The highest BCUT2D eigenvalue weighted by Crippen LogP contribution is 2.23. The first-order valence-corrected chi connectivity index (χ1v) is 15.9. The molecule has 2 atom stereocenters. The van der Waals surface area contributed by atoms with Crippen molar-refractivity contribution in [3.05, 3.63) is 0 Å². The fourth-order valence-corrected chi connectivity index (χ4v) is 5.95. The van der Waals surface area contributed by atoms with E-state index in [1.807, 2.05) is 0 Å². The summed E-state index contributed by atoms with van der Waals surface area (Å²) in [5.74, 6) is -0.375. The molecular formula is C26H50N2O5S2. The second kappa shape index (κ2) is 24.8. The predicted octanol–water partition coefficient (Wildman–Crippen LogP) is 5.79. The lowest BCUT2D eigenvalue weighted by molar-refractivity contribution is -0.144. The number of carbonyl (C=O) groups excluding carboxylic acids is 3. The molecule has 7 nitrogen and oxygen atoms in total. The molecule has 0 radical (unpaired) electrons. The van der Waals surface area contributed by atoms with E-state index in [2.05, 4.69) is 17.0 Å². The molecule has 0 aliphatic rings. The minimum atomic E-state index is -0.714. The quantitative estimate of drug-likeness (QED) is 0.0910. The van der Waals surface area contributed by atoms with E-state index in [4.69, 9.17) is 10.5 Å². The van der Waals surface area contributed by atoms with Gasteiger partial charge in [0, 0.05) is 17.9 Å². The summed E-state index contributed by atoms with van der Waals surface area (Å²) in [6.07, 6.45) is 19.6. The highest BCUT2D eigenvalue weighted by atomic mass is 33.1. The maximum Gasteiger partial charge on any atom is 0.329 e. The molecule has 1 unspecified atom stereocenters. The van der Waals surface area contributed by atoms with Gasteiger partial charge in [0.2, 0.25) is 5.91 Å². The van der Waals surface area contributed by atoms with Gasteiger partial charge in [-0.2, -0.15) is 0 Å². The van der Waals surface area contributed by atoms with Gasteiger partial charge < -0.3 is 20.5 Å². The predicted molar refractivity (Wildman–Crippen MR) is 148 cm³/mol. The molecule has 35 heavy (non-hydrogen) atoms. The molecule has 0 saturated heterocycles. The van der Waals surface area contributed by atoms with E-state index >= 15 is 0 Å². The smallest absolute Gasteiger partial charge is 0.329 e. The standard InChI is InChI=1S/C26H50N2O5S2/c1-4-5-6-7-8-9-10-11-12-13-14-15-16-17-18-19-24(29)28-23(26(31)33-3)21-35-34-20-22(27)25(30)32-2/h22-23H,4-21,27H2,1-3H3,(H,28,29)/t22?,23-/m0/s1. The van der Waals surface area contributed by atoms with Crippen molar-refractivity contribution in [2.45, 2.75) is 122 Å². The van der Waals surface area contributed by atoms with E-state index in [9.17, 15) is 14.4 Å². The molecule has 0 aliphatic carbocycles. The highest BCUT2D eigenvalue weighted by Gasteiger charge is 2.22. The molecule has 0 aliphatic heterocycles. The summed E-state index contributed by atoms with van der Waals surface area (Å²) in [4.78, 5) is 35.6. The molecular weight excluding hydrogens is 484 g/mol. The Balaban J connectivity index is 3.75. The van der Waals surface area contributed by atoms with Gasteiger partial charge in [-0.25, -0.2) is 4.79 Å². The molecule has 3 N–H and O–H groups in total. The topological polar surface area (TPSA) is 108 Å². The van der Waals surface area contributed by atoms with Crippen molar-refractivity contribution in [1.29, 1.82) is 0 Å². The van der Waals surface area contributed by atoms with E-state index in [1.54, 1.807) is 0 Å². The molecule has 206 valence electrons. The second-order valence-corrected chi connectivity index (χ2v) is 11.6. The van der Waals surface area contributed by atoms with Gasteiger partial charge >= 0.3 is 11.9 Å². The van der Waals surface area contributed by atoms with E-state index in [0.29, 0.717) is 17.9 Å². The van der Waals surface area contributed by atoms with Crippen molar-refractivity contribution < 1.29 is 23.9 Å². The number of methoxy groups -OCH3 is 2. The van der Waals surface area contributed by atoms with E-state index in [1.165, 1.54) is 113 Å². The van der Waals surface area contributed by atoms with E-state index in [-0.39, 0.29) is 5.91 Å². The Morgan fingerprint density at radius 1 is 0.686 bits per heavy atom. The first kappa shape index (κ1) is 34.1. The number of ether oxygens (including phenoxy) is 2. The van der Waals surface area contributed by atoms with Gasteiger partial charge in [-0.3, -0.25) is 9.59 Å². The zero-order chi connectivity index (χ0) is 26.2. The maximum absolute atomic E-state index is 12.3. The molecule has 0 rings (SSSR count). The molecule has 0 aromatic carbocycles. The minimum Gasteiger partial charge on any atom is -0.468 e. The Kier molecular flexibility index (Phi) is 24.1. The second-order valence-electron chi connectivity index (χ2n) is 9.04. The van der Waals surface area contributed by atoms with Gasteiger partial charge in [-0.15, -0.1) is 0 Å². The van der Waals surface area contributed by atoms with Crippen LogP contribution in [0, 0.1) is 0 Å². The largest absolute Gasteiger partial charge is 0.468 e. The van der Waals surface area contributed by atoms with Gasteiger partial charge in [0.25, 0.3) is 0 Å². The lowest BCUT2D eigenvalue weighted by atomic mass is 10.0. The summed E-state index contributed by atoms with van der Waals surface area (Å²) < 4.78 is 9.39. The summed E-state index contributed by atoms with van der Waals surface area (Å²) in [6, 6.07) is -1.43. The Hall–Kier alpha value is -0.930. The van der Waals surface area contributed by atoms with Gasteiger partial charge in [0.05, 0.1) is 14.2 Å². The first-order chi connectivity index (χ1) is 17.0. The van der Waals surface area contributed by atoms with Crippen LogP contribution in [0.5, 0.6) is 0 Å². The first-order valence-electron chi connectivity index (χ1n) is 13.4. The molecule has 1 amide bonds. The molecule has 0 aromatic rings. The van der Waals surface area contributed by atoms with Crippen LogP contribution in [0.4, 0.5) is 0 Å². The molecule has 0 spiro atoms. The molecule has 0 fully saturated rings. The average Bonchev–Trinajstić information content (AvgIpc) is 2.86. The number of carbonyl (C=O) groups is 3. The van der Waals surface area contributed by atoms with Crippen molar-refractivity contribution in [1.82, 2.24) is 5.32 Å². The van der Waals surface area contributed by atoms with Crippen molar-refractivity contribution in [3.63, 3.8) is 0 Å². The maximum atomic E-state index is 12.3. The third-order valence-electron chi connectivity index (χ3n) is 5.90. The van der Waals surface area contributed by atoms with Gasteiger partial charge in [0.1, 0.15) is 12.1 Å². The summed E-state index contributed by atoms with van der Waals surface area (Å²) >= 11 is 0. The number of nitrogens with two attached hydrogens (primary N) is 1. The van der Waals surface area contributed by atoms with E-state index in [0.717, 1.165) is 19.3 Å². The number of amides is 1. The molecule has 0 saturated carbocycles. The number of unbranched alkanes of at least 4 members (excludes halogenated alkanes) is 14. The lowest BCUT2D eigenvalue weighted by Gasteiger charge is -2.16. The molecule has 0 aromatic heterocycles. The van der Waals surface area contributed by atoms with Crippen molar-refractivity contribution in [3.8, 4) is 0 Å². The Bertz CT molecular complexity index is 552. The molecule has 0 bridgehead atoms. The lowest BCUT2D eigenvalue weighted by Crippen LogP contribution is -2.43. The number of esters is 2. The van der Waals surface area contributed by atoms with Crippen molar-refractivity contribution in [2.24, 2.45) is 5.73 Å². The summed E-state index contributed by atoms with van der Waals surface area (Å²) in [5, 5.41) is 2.77.